The zero-order chi connectivity index (χ0) is 13.0. The summed E-state index contributed by atoms with van der Waals surface area (Å²) in [4.78, 5) is 2.26. The minimum atomic E-state index is 0.884. The Bertz CT molecular complexity index is 503. The minimum absolute atomic E-state index is 0.884. The number of para-hydroxylation sites is 1. The van der Waals surface area contributed by atoms with Crippen molar-refractivity contribution in [1.82, 2.24) is 0 Å². The van der Waals surface area contributed by atoms with Gasteiger partial charge in [-0.1, -0.05) is 35.9 Å². The van der Waals surface area contributed by atoms with Crippen LogP contribution in [0.2, 0.25) is 0 Å². The summed E-state index contributed by atoms with van der Waals surface area (Å²) in [5.74, 6) is 0. The van der Waals surface area contributed by atoms with Gasteiger partial charge in [0.1, 0.15) is 0 Å². The van der Waals surface area contributed by atoms with Crippen LogP contribution < -0.4 is 10.6 Å². The summed E-state index contributed by atoms with van der Waals surface area (Å²) in [7, 11) is 2.11. The predicted octanol–water partition coefficient (Wildman–Crippen LogP) is 3.26. The lowest BCUT2D eigenvalue weighted by Crippen LogP contribution is -2.20. The Hall–Kier alpha value is -1.96. The molecule has 0 amide bonds. The van der Waals surface area contributed by atoms with Crippen molar-refractivity contribution in [1.29, 1.82) is 0 Å². The SMILES string of the molecule is Cc1ccc(N(C)CCc2ccccc2N)cc1. The lowest BCUT2D eigenvalue weighted by atomic mass is 10.1. The van der Waals surface area contributed by atoms with Gasteiger partial charge in [0.05, 0.1) is 0 Å². The number of nitrogens with zero attached hydrogens (tertiary/aromatic N) is 1. The van der Waals surface area contributed by atoms with E-state index in [0.717, 1.165) is 18.7 Å². The summed E-state index contributed by atoms with van der Waals surface area (Å²) < 4.78 is 0. The second-order valence-electron chi connectivity index (χ2n) is 4.71. The third-order valence-corrected chi connectivity index (χ3v) is 3.25. The van der Waals surface area contributed by atoms with E-state index in [1.165, 1.54) is 16.8 Å². The van der Waals surface area contributed by atoms with Crippen molar-refractivity contribution in [3.63, 3.8) is 0 Å². The number of rotatable bonds is 4. The standard InChI is InChI=1S/C16H20N2/c1-13-7-9-15(10-8-13)18(2)12-11-14-5-3-4-6-16(14)17/h3-10H,11-12,17H2,1-2H3. The van der Waals surface area contributed by atoms with E-state index in [1.54, 1.807) is 0 Å². The summed E-state index contributed by atoms with van der Waals surface area (Å²) in [6.45, 7) is 3.08. The van der Waals surface area contributed by atoms with Gasteiger partial charge in [-0.3, -0.25) is 0 Å². The van der Waals surface area contributed by atoms with Gasteiger partial charge in [0.2, 0.25) is 0 Å². The summed E-state index contributed by atoms with van der Waals surface area (Å²) in [5, 5.41) is 0. The number of hydrogen-bond donors (Lipinski definition) is 1. The van der Waals surface area contributed by atoms with E-state index in [2.05, 4.69) is 49.2 Å². The lowest BCUT2D eigenvalue weighted by Gasteiger charge is -2.19. The smallest absolute Gasteiger partial charge is 0.0363 e. The van der Waals surface area contributed by atoms with Crippen molar-refractivity contribution in [3.8, 4) is 0 Å². The van der Waals surface area contributed by atoms with Crippen molar-refractivity contribution in [2.45, 2.75) is 13.3 Å². The number of hydrogen-bond acceptors (Lipinski definition) is 2. The van der Waals surface area contributed by atoms with Gasteiger partial charge in [-0.2, -0.15) is 0 Å². The Morgan fingerprint density at radius 2 is 1.67 bits per heavy atom. The highest BCUT2D eigenvalue weighted by Crippen LogP contribution is 2.16. The van der Waals surface area contributed by atoms with Crippen LogP contribution in [0.15, 0.2) is 48.5 Å². The van der Waals surface area contributed by atoms with Crippen LogP contribution in [-0.2, 0) is 6.42 Å². The van der Waals surface area contributed by atoms with Gasteiger partial charge in [-0.05, 0) is 37.1 Å². The van der Waals surface area contributed by atoms with Crippen LogP contribution in [0.1, 0.15) is 11.1 Å². The molecule has 0 aliphatic rings. The molecule has 0 fully saturated rings. The van der Waals surface area contributed by atoms with Gasteiger partial charge < -0.3 is 10.6 Å². The summed E-state index contributed by atoms with van der Waals surface area (Å²) in [6, 6.07) is 16.7. The zero-order valence-electron chi connectivity index (χ0n) is 11.1. The first-order valence-corrected chi connectivity index (χ1v) is 6.28. The molecule has 0 aliphatic carbocycles. The molecule has 2 rings (SSSR count). The first kappa shape index (κ1) is 12.5. The molecule has 0 aromatic heterocycles. The predicted molar refractivity (Wildman–Crippen MR) is 79.0 cm³/mol. The maximum absolute atomic E-state index is 5.95. The highest BCUT2D eigenvalue weighted by molar-refractivity contribution is 5.49. The van der Waals surface area contributed by atoms with Crippen molar-refractivity contribution < 1.29 is 0 Å². The molecule has 2 nitrogen and oxygen atoms in total. The molecule has 0 heterocycles. The third kappa shape index (κ3) is 3.04. The Morgan fingerprint density at radius 1 is 1.00 bits per heavy atom. The van der Waals surface area contributed by atoms with Crippen LogP contribution in [0.5, 0.6) is 0 Å². The number of benzene rings is 2. The monoisotopic (exact) mass is 240 g/mol. The fourth-order valence-electron chi connectivity index (χ4n) is 1.98. The maximum Gasteiger partial charge on any atom is 0.0363 e. The van der Waals surface area contributed by atoms with Crippen molar-refractivity contribution in [3.05, 3.63) is 59.7 Å². The molecule has 2 aromatic carbocycles. The van der Waals surface area contributed by atoms with Crippen LogP contribution in [0.3, 0.4) is 0 Å². The van der Waals surface area contributed by atoms with Crippen LogP contribution in [0, 0.1) is 6.92 Å². The van der Waals surface area contributed by atoms with Crippen LogP contribution >= 0.6 is 0 Å². The molecule has 0 aliphatic heterocycles. The average Bonchev–Trinajstić information content (AvgIpc) is 2.38. The fraction of sp³-hybridized carbons (Fsp3) is 0.250. The second-order valence-corrected chi connectivity index (χ2v) is 4.71. The Balaban J connectivity index is 1.98. The molecule has 0 bridgehead atoms. The van der Waals surface area contributed by atoms with E-state index in [1.807, 2.05) is 18.2 Å². The molecule has 0 radical (unpaired) electrons. The van der Waals surface area contributed by atoms with E-state index in [0.29, 0.717) is 0 Å². The Labute approximate surface area is 109 Å². The third-order valence-electron chi connectivity index (χ3n) is 3.25. The van der Waals surface area contributed by atoms with E-state index >= 15 is 0 Å². The van der Waals surface area contributed by atoms with Gasteiger partial charge in [0.25, 0.3) is 0 Å². The molecule has 2 N–H and O–H groups in total. The van der Waals surface area contributed by atoms with Gasteiger partial charge in [-0.15, -0.1) is 0 Å². The zero-order valence-corrected chi connectivity index (χ0v) is 11.1. The van der Waals surface area contributed by atoms with E-state index in [4.69, 9.17) is 5.73 Å². The first-order valence-electron chi connectivity index (χ1n) is 6.28. The van der Waals surface area contributed by atoms with Gasteiger partial charge in [-0.25, -0.2) is 0 Å². The molecule has 0 atom stereocenters. The average molecular weight is 240 g/mol. The topological polar surface area (TPSA) is 29.3 Å². The number of aryl methyl sites for hydroxylation is 1. The van der Waals surface area contributed by atoms with Crippen molar-refractivity contribution >= 4 is 11.4 Å². The quantitative estimate of drug-likeness (QED) is 0.831. The summed E-state index contributed by atoms with van der Waals surface area (Å²) in [6.07, 6.45) is 0.969. The largest absolute Gasteiger partial charge is 0.399 e. The maximum atomic E-state index is 5.95. The van der Waals surface area contributed by atoms with Crippen molar-refractivity contribution in [2.75, 3.05) is 24.2 Å². The molecule has 0 spiro atoms. The highest BCUT2D eigenvalue weighted by atomic mass is 15.1. The number of anilines is 2. The van der Waals surface area contributed by atoms with Gasteiger partial charge in [0.15, 0.2) is 0 Å². The molecule has 94 valence electrons. The van der Waals surface area contributed by atoms with Crippen LogP contribution in [0.25, 0.3) is 0 Å². The highest BCUT2D eigenvalue weighted by Gasteiger charge is 2.02. The molecule has 0 saturated heterocycles. The number of nitrogen functional groups attached to an aromatic ring is 1. The Morgan fingerprint density at radius 3 is 2.33 bits per heavy atom. The van der Waals surface area contributed by atoms with E-state index in [-0.39, 0.29) is 0 Å². The van der Waals surface area contributed by atoms with E-state index in [9.17, 15) is 0 Å². The molecular formula is C16H20N2. The Kier molecular flexibility index (Phi) is 3.88. The van der Waals surface area contributed by atoms with Gasteiger partial charge in [0, 0.05) is 25.0 Å². The normalized spacial score (nSPS) is 10.3. The van der Waals surface area contributed by atoms with Gasteiger partial charge >= 0.3 is 0 Å². The molecule has 18 heavy (non-hydrogen) atoms. The second kappa shape index (κ2) is 5.58. The number of nitrogens with two attached hydrogens (primary N) is 1. The molecular weight excluding hydrogens is 220 g/mol. The first-order chi connectivity index (χ1) is 8.66. The molecule has 2 heteroatoms. The van der Waals surface area contributed by atoms with Crippen LogP contribution in [0.4, 0.5) is 11.4 Å². The molecule has 0 saturated carbocycles. The number of likely N-dealkylation sites (N-methyl/N-ethyl adjacent to an activating group) is 1. The molecule has 2 aromatic rings. The summed E-state index contributed by atoms with van der Waals surface area (Å²) >= 11 is 0. The lowest BCUT2D eigenvalue weighted by molar-refractivity contribution is 0.878. The van der Waals surface area contributed by atoms with Crippen LogP contribution in [-0.4, -0.2) is 13.6 Å². The van der Waals surface area contributed by atoms with Crippen molar-refractivity contribution in [2.24, 2.45) is 0 Å². The van der Waals surface area contributed by atoms with E-state index < -0.39 is 0 Å². The fourth-order valence-corrected chi connectivity index (χ4v) is 1.98. The molecule has 0 unspecified atom stereocenters. The minimum Gasteiger partial charge on any atom is -0.399 e. The summed E-state index contributed by atoms with van der Waals surface area (Å²) in [5.41, 5.74) is 10.6.